The maximum Gasteiger partial charge on any atom is 0.267 e. The zero-order chi connectivity index (χ0) is 19.3. The Morgan fingerprint density at radius 3 is 2.61 bits per heavy atom. The molecule has 2 aromatic carbocycles. The van der Waals surface area contributed by atoms with Crippen LogP contribution in [0.1, 0.15) is 10.4 Å². The Morgan fingerprint density at radius 2 is 1.79 bits per heavy atom. The fourth-order valence-corrected chi connectivity index (χ4v) is 3.43. The number of ether oxygens (including phenoxy) is 2. The number of hydrogen-bond donors (Lipinski definition) is 0. The first-order chi connectivity index (χ1) is 13.7. The summed E-state index contributed by atoms with van der Waals surface area (Å²) in [5.41, 5.74) is 3.75. The Kier molecular flexibility index (Phi) is 3.55. The molecule has 0 aliphatic carbocycles. The Balaban J connectivity index is 1.69. The number of aromatic nitrogens is 3. The standard InChI is InChI=1S/C21H16N4O3/c1-27-17-8-7-13(11-18(17)28-2)15-12-19-22-9-10-24(19)21(23-15)25-16-6-4-3-5-14(16)20(25)26/h3-12H,1-2H3. The van der Waals surface area contributed by atoms with Crippen molar-refractivity contribution in [2.75, 3.05) is 19.1 Å². The van der Waals surface area contributed by atoms with Crippen molar-refractivity contribution in [3.8, 4) is 22.8 Å². The lowest BCUT2D eigenvalue weighted by Gasteiger charge is -2.32. The number of benzene rings is 2. The Hall–Kier alpha value is -3.87. The van der Waals surface area contributed by atoms with Crippen LogP contribution < -0.4 is 14.4 Å². The van der Waals surface area contributed by atoms with Crippen LogP contribution in [0.25, 0.3) is 16.9 Å². The molecule has 28 heavy (non-hydrogen) atoms. The number of para-hydroxylation sites is 1. The van der Waals surface area contributed by atoms with Gasteiger partial charge in [-0.15, -0.1) is 0 Å². The van der Waals surface area contributed by atoms with E-state index in [1.165, 1.54) is 0 Å². The van der Waals surface area contributed by atoms with E-state index in [-0.39, 0.29) is 5.91 Å². The highest BCUT2D eigenvalue weighted by Gasteiger charge is 2.36. The average molecular weight is 372 g/mol. The van der Waals surface area contributed by atoms with Gasteiger partial charge in [0, 0.05) is 24.0 Å². The fourth-order valence-electron chi connectivity index (χ4n) is 3.43. The van der Waals surface area contributed by atoms with Crippen LogP contribution in [0.15, 0.2) is 60.9 Å². The van der Waals surface area contributed by atoms with E-state index in [1.54, 1.807) is 35.9 Å². The zero-order valence-corrected chi connectivity index (χ0v) is 15.3. The monoisotopic (exact) mass is 372 g/mol. The number of carbonyl (C=O) groups excluding carboxylic acids is 1. The minimum atomic E-state index is -0.0810. The van der Waals surface area contributed by atoms with Crippen LogP contribution in [-0.2, 0) is 0 Å². The number of rotatable bonds is 4. The molecule has 7 nitrogen and oxygen atoms in total. The summed E-state index contributed by atoms with van der Waals surface area (Å²) < 4.78 is 12.5. The van der Waals surface area contributed by atoms with Gasteiger partial charge in [-0.25, -0.2) is 14.9 Å². The molecule has 1 aliphatic rings. The maximum absolute atomic E-state index is 12.7. The lowest BCUT2D eigenvalue weighted by atomic mass is 10.0. The van der Waals surface area contributed by atoms with Crippen molar-refractivity contribution in [1.29, 1.82) is 0 Å². The predicted octanol–water partition coefficient (Wildman–Crippen LogP) is 3.71. The average Bonchev–Trinajstić information content (AvgIpc) is 3.22. The van der Waals surface area contributed by atoms with Crippen molar-refractivity contribution in [3.63, 3.8) is 0 Å². The summed E-state index contributed by atoms with van der Waals surface area (Å²) >= 11 is 0. The highest BCUT2D eigenvalue weighted by atomic mass is 16.5. The molecule has 4 aromatic rings. The van der Waals surface area contributed by atoms with Crippen LogP contribution >= 0.6 is 0 Å². The molecule has 0 bridgehead atoms. The van der Waals surface area contributed by atoms with Crippen molar-refractivity contribution in [2.45, 2.75) is 0 Å². The molecule has 0 saturated heterocycles. The molecule has 0 radical (unpaired) electrons. The van der Waals surface area contributed by atoms with Gasteiger partial charge >= 0.3 is 0 Å². The van der Waals surface area contributed by atoms with Crippen LogP contribution in [0.3, 0.4) is 0 Å². The molecule has 0 spiro atoms. The van der Waals surface area contributed by atoms with Crippen molar-refractivity contribution in [2.24, 2.45) is 0 Å². The fraction of sp³-hybridized carbons (Fsp3) is 0.0952. The van der Waals surface area contributed by atoms with E-state index in [0.717, 1.165) is 11.3 Å². The van der Waals surface area contributed by atoms with Crippen LogP contribution in [0, 0.1) is 0 Å². The summed E-state index contributed by atoms with van der Waals surface area (Å²) in [5.74, 6) is 1.67. The normalized spacial score (nSPS) is 12.6. The number of fused-ring (bicyclic) bond motifs is 2. The first kappa shape index (κ1) is 16.3. The second-order valence-electron chi connectivity index (χ2n) is 6.32. The number of carbonyl (C=O) groups is 1. The van der Waals surface area contributed by atoms with Crippen LogP contribution in [0.5, 0.6) is 11.5 Å². The predicted molar refractivity (Wildman–Crippen MR) is 104 cm³/mol. The molecule has 0 N–H and O–H groups in total. The summed E-state index contributed by atoms with van der Waals surface area (Å²) in [6.45, 7) is 0. The summed E-state index contributed by atoms with van der Waals surface area (Å²) in [6, 6.07) is 14.9. The molecule has 138 valence electrons. The van der Waals surface area contributed by atoms with E-state index in [4.69, 9.17) is 14.5 Å². The second-order valence-corrected chi connectivity index (χ2v) is 6.32. The van der Waals surface area contributed by atoms with Gasteiger partial charge < -0.3 is 9.47 Å². The van der Waals surface area contributed by atoms with Gasteiger partial charge in [-0.2, -0.15) is 0 Å². The molecule has 1 amide bonds. The molecule has 0 fully saturated rings. The summed E-state index contributed by atoms with van der Waals surface area (Å²) in [6.07, 6.45) is 3.49. The quantitative estimate of drug-likeness (QED) is 0.546. The van der Waals surface area contributed by atoms with Gasteiger partial charge in [-0.3, -0.25) is 9.20 Å². The zero-order valence-electron chi connectivity index (χ0n) is 15.3. The van der Waals surface area contributed by atoms with Gasteiger partial charge in [0.1, 0.15) is 5.65 Å². The molecular formula is C21H16N4O3. The Labute approximate surface area is 160 Å². The maximum atomic E-state index is 12.7. The van der Waals surface area contributed by atoms with Gasteiger partial charge in [0.15, 0.2) is 11.5 Å². The van der Waals surface area contributed by atoms with Crippen LogP contribution in [0.2, 0.25) is 0 Å². The lowest BCUT2D eigenvalue weighted by molar-refractivity contribution is 0.0979. The SMILES string of the molecule is COc1ccc(-c2cc3nccn3c(N3C(=O)c4ccccc43)n2)cc1OC. The van der Waals surface area contributed by atoms with E-state index in [0.29, 0.717) is 34.4 Å². The molecule has 5 rings (SSSR count). The van der Waals surface area contributed by atoms with Crippen molar-refractivity contribution in [3.05, 3.63) is 66.5 Å². The Morgan fingerprint density at radius 1 is 0.964 bits per heavy atom. The first-order valence-corrected chi connectivity index (χ1v) is 8.71. The molecular weight excluding hydrogens is 356 g/mol. The van der Waals surface area contributed by atoms with Gasteiger partial charge in [-0.05, 0) is 30.3 Å². The highest BCUT2D eigenvalue weighted by Crippen LogP contribution is 2.39. The summed E-state index contributed by atoms with van der Waals surface area (Å²) in [7, 11) is 3.19. The summed E-state index contributed by atoms with van der Waals surface area (Å²) in [4.78, 5) is 23.4. The molecule has 7 heteroatoms. The van der Waals surface area contributed by atoms with Gasteiger partial charge in [0.25, 0.3) is 5.91 Å². The number of hydrogen-bond acceptors (Lipinski definition) is 5. The minimum Gasteiger partial charge on any atom is -0.493 e. The van der Waals surface area contributed by atoms with Gasteiger partial charge in [-0.1, -0.05) is 12.1 Å². The molecule has 3 heterocycles. The third kappa shape index (κ3) is 2.26. The van der Waals surface area contributed by atoms with E-state index in [1.807, 2.05) is 48.5 Å². The van der Waals surface area contributed by atoms with E-state index >= 15 is 0 Å². The van der Waals surface area contributed by atoms with E-state index in [2.05, 4.69) is 4.98 Å². The molecule has 0 atom stereocenters. The molecule has 0 saturated carbocycles. The van der Waals surface area contributed by atoms with Gasteiger partial charge in [0.2, 0.25) is 5.95 Å². The smallest absolute Gasteiger partial charge is 0.267 e. The van der Waals surface area contributed by atoms with E-state index in [9.17, 15) is 4.79 Å². The molecule has 0 unspecified atom stereocenters. The Bertz CT molecular complexity index is 1230. The number of amides is 1. The third-order valence-electron chi connectivity index (χ3n) is 4.83. The number of anilines is 2. The van der Waals surface area contributed by atoms with E-state index < -0.39 is 0 Å². The van der Waals surface area contributed by atoms with Crippen LogP contribution in [-0.4, -0.2) is 34.5 Å². The number of imidazole rings is 1. The van der Waals surface area contributed by atoms with Crippen molar-refractivity contribution in [1.82, 2.24) is 14.4 Å². The largest absolute Gasteiger partial charge is 0.493 e. The second kappa shape index (κ2) is 6.09. The first-order valence-electron chi connectivity index (χ1n) is 8.71. The van der Waals surface area contributed by atoms with Crippen molar-refractivity contribution >= 4 is 23.2 Å². The lowest BCUT2D eigenvalue weighted by Crippen LogP contribution is -2.38. The topological polar surface area (TPSA) is 69.0 Å². The number of nitrogens with zero attached hydrogens (tertiary/aromatic N) is 4. The van der Waals surface area contributed by atoms with Crippen LogP contribution in [0.4, 0.5) is 11.6 Å². The summed E-state index contributed by atoms with van der Waals surface area (Å²) in [5, 5.41) is 0. The number of methoxy groups -OCH3 is 2. The van der Waals surface area contributed by atoms with Gasteiger partial charge in [0.05, 0.1) is 31.2 Å². The van der Waals surface area contributed by atoms with Crippen molar-refractivity contribution < 1.29 is 14.3 Å². The third-order valence-corrected chi connectivity index (χ3v) is 4.83. The highest BCUT2D eigenvalue weighted by molar-refractivity contribution is 6.23. The minimum absolute atomic E-state index is 0.0810. The molecule has 1 aliphatic heterocycles. The molecule has 2 aromatic heterocycles.